The monoisotopic (exact) mass is 341 g/mol. The van der Waals surface area contributed by atoms with Crippen LogP contribution in [0.25, 0.3) is 11.0 Å². The van der Waals surface area contributed by atoms with E-state index in [1.165, 1.54) is 12.8 Å². The van der Waals surface area contributed by atoms with Crippen molar-refractivity contribution in [3.63, 3.8) is 0 Å². The van der Waals surface area contributed by atoms with Gasteiger partial charge in [-0.3, -0.25) is 4.79 Å². The standard InChI is InChI=1S/C20H27N3O2/c1-22(2)15-8-13-10-16(11-14(13)9-15)23(3)20(24)12-18-17-6-4-5-7-19(17)25-21-18/h4-7,13-16H,8-12H2,1-3H3/t13-,14+,15?,16?. The molecule has 0 radical (unpaired) electrons. The molecule has 5 nitrogen and oxygen atoms in total. The molecule has 2 aliphatic rings. The molecule has 25 heavy (non-hydrogen) atoms. The van der Waals surface area contributed by atoms with Gasteiger partial charge in [-0.15, -0.1) is 0 Å². The number of nitrogens with zero attached hydrogens (tertiary/aromatic N) is 3. The summed E-state index contributed by atoms with van der Waals surface area (Å²) in [4.78, 5) is 17.1. The second kappa shape index (κ2) is 6.45. The normalized spacial score (nSPS) is 28.6. The lowest BCUT2D eigenvalue weighted by Crippen LogP contribution is -2.37. The van der Waals surface area contributed by atoms with Crippen LogP contribution in [0.5, 0.6) is 0 Å². The summed E-state index contributed by atoms with van der Waals surface area (Å²) < 4.78 is 5.32. The van der Waals surface area contributed by atoms with Crippen molar-refractivity contribution in [2.24, 2.45) is 11.8 Å². The van der Waals surface area contributed by atoms with Gasteiger partial charge < -0.3 is 14.3 Å². The van der Waals surface area contributed by atoms with Gasteiger partial charge in [-0.05, 0) is 63.7 Å². The van der Waals surface area contributed by atoms with E-state index in [1.54, 1.807) is 0 Å². The average Bonchev–Trinajstić information content (AvgIpc) is 3.27. The number of likely N-dealkylation sites (N-methyl/N-ethyl adjacent to an activating group) is 1. The first-order valence-electron chi connectivity index (χ1n) is 9.28. The molecule has 1 aromatic carbocycles. The predicted molar refractivity (Wildman–Crippen MR) is 97.2 cm³/mol. The molecule has 2 saturated carbocycles. The van der Waals surface area contributed by atoms with Gasteiger partial charge in [0.1, 0.15) is 5.69 Å². The van der Waals surface area contributed by atoms with Crippen LogP contribution in [-0.2, 0) is 11.2 Å². The van der Waals surface area contributed by atoms with Crippen LogP contribution in [-0.4, -0.2) is 54.1 Å². The smallest absolute Gasteiger partial charge is 0.228 e. The maximum absolute atomic E-state index is 12.8. The number of benzene rings is 1. The lowest BCUT2D eigenvalue weighted by Gasteiger charge is -2.27. The van der Waals surface area contributed by atoms with E-state index in [1.807, 2.05) is 36.2 Å². The summed E-state index contributed by atoms with van der Waals surface area (Å²) in [6.45, 7) is 0. The maximum Gasteiger partial charge on any atom is 0.228 e. The molecule has 2 aliphatic carbocycles. The molecule has 1 aromatic heterocycles. The van der Waals surface area contributed by atoms with E-state index in [9.17, 15) is 4.79 Å². The molecule has 0 spiro atoms. The molecule has 4 atom stereocenters. The third kappa shape index (κ3) is 3.06. The van der Waals surface area contributed by atoms with Gasteiger partial charge in [0.05, 0.1) is 6.42 Å². The number of aromatic nitrogens is 1. The van der Waals surface area contributed by atoms with E-state index in [4.69, 9.17) is 4.52 Å². The number of hydrogen-bond donors (Lipinski definition) is 0. The number of para-hydroxylation sites is 1. The summed E-state index contributed by atoms with van der Waals surface area (Å²) in [5, 5.41) is 5.05. The highest BCUT2D eigenvalue weighted by atomic mass is 16.5. The number of carbonyl (C=O) groups excluding carboxylic acids is 1. The molecular weight excluding hydrogens is 314 g/mol. The van der Waals surface area contributed by atoms with Gasteiger partial charge in [0, 0.05) is 24.5 Å². The van der Waals surface area contributed by atoms with Gasteiger partial charge in [-0.1, -0.05) is 17.3 Å². The molecule has 0 bridgehead atoms. The Hall–Kier alpha value is -1.88. The van der Waals surface area contributed by atoms with E-state index in [-0.39, 0.29) is 5.91 Å². The Morgan fingerprint density at radius 1 is 1.08 bits per heavy atom. The van der Waals surface area contributed by atoms with Crippen LogP contribution in [0.3, 0.4) is 0 Å². The first kappa shape index (κ1) is 16.6. The molecule has 1 amide bonds. The molecule has 2 fully saturated rings. The minimum Gasteiger partial charge on any atom is -0.356 e. The van der Waals surface area contributed by atoms with Crippen LogP contribution in [0.15, 0.2) is 28.8 Å². The van der Waals surface area contributed by atoms with Gasteiger partial charge in [0.2, 0.25) is 5.91 Å². The first-order valence-corrected chi connectivity index (χ1v) is 9.28. The molecule has 0 aliphatic heterocycles. The maximum atomic E-state index is 12.8. The molecule has 0 saturated heterocycles. The van der Waals surface area contributed by atoms with Crippen molar-refractivity contribution in [3.05, 3.63) is 30.0 Å². The van der Waals surface area contributed by atoms with Gasteiger partial charge in [-0.25, -0.2) is 0 Å². The number of rotatable bonds is 4. The van der Waals surface area contributed by atoms with Crippen LogP contribution in [0.4, 0.5) is 0 Å². The van der Waals surface area contributed by atoms with Crippen molar-refractivity contribution in [2.45, 2.75) is 44.2 Å². The molecule has 0 N–H and O–H groups in total. The molecular formula is C20H27N3O2. The molecule has 1 heterocycles. The average molecular weight is 341 g/mol. The van der Waals surface area contributed by atoms with Crippen LogP contribution < -0.4 is 0 Å². The van der Waals surface area contributed by atoms with Crippen molar-refractivity contribution in [2.75, 3.05) is 21.1 Å². The third-order valence-corrected chi connectivity index (χ3v) is 6.41. The minimum absolute atomic E-state index is 0.146. The third-order valence-electron chi connectivity index (χ3n) is 6.41. The van der Waals surface area contributed by atoms with Crippen LogP contribution in [0.1, 0.15) is 31.4 Å². The zero-order valence-electron chi connectivity index (χ0n) is 15.3. The Balaban J connectivity index is 1.39. The highest BCUT2D eigenvalue weighted by Gasteiger charge is 2.44. The van der Waals surface area contributed by atoms with Crippen LogP contribution in [0, 0.1) is 11.8 Å². The summed E-state index contributed by atoms with van der Waals surface area (Å²) in [5.41, 5.74) is 1.50. The highest BCUT2D eigenvalue weighted by molar-refractivity contribution is 5.86. The molecule has 134 valence electrons. The first-order chi connectivity index (χ1) is 12.0. The Kier molecular flexibility index (Phi) is 4.28. The van der Waals surface area contributed by atoms with Gasteiger partial charge in [0.25, 0.3) is 0 Å². The largest absolute Gasteiger partial charge is 0.356 e. The number of fused-ring (bicyclic) bond motifs is 2. The molecule has 4 rings (SSSR count). The highest BCUT2D eigenvalue weighted by Crippen LogP contribution is 2.46. The topological polar surface area (TPSA) is 49.6 Å². The lowest BCUT2D eigenvalue weighted by molar-refractivity contribution is -0.131. The summed E-state index contributed by atoms with van der Waals surface area (Å²) >= 11 is 0. The fourth-order valence-electron chi connectivity index (χ4n) is 4.83. The fraction of sp³-hybridized carbons (Fsp3) is 0.600. The number of amides is 1. The number of hydrogen-bond acceptors (Lipinski definition) is 4. The minimum atomic E-state index is 0.146. The zero-order chi connectivity index (χ0) is 17.6. The van der Waals surface area contributed by atoms with Gasteiger partial charge in [0.15, 0.2) is 5.58 Å². The summed E-state index contributed by atoms with van der Waals surface area (Å²) in [6, 6.07) is 8.83. The summed E-state index contributed by atoms with van der Waals surface area (Å²) in [7, 11) is 6.32. The Bertz CT molecular complexity index is 755. The molecule has 5 heteroatoms. The van der Waals surface area contributed by atoms with E-state index < -0.39 is 0 Å². The molecule has 2 unspecified atom stereocenters. The summed E-state index contributed by atoms with van der Waals surface area (Å²) in [5.74, 6) is 1.70. The van der Waals surface area contributed by atoms with Crippen molar-refractivity contribution in [1.29, 1.82) is 0 Å². The van der Waals surface area contributed by atoms with Crippen molar-refractivity contribution >= 4 is 16.9 Å². The summed E-state index contributed by atoms with van der Waals surface area (Å²) in [6.07, 6.45) is 5.18. The van der Waals surface area contributed by atoms with E-state index in [0.717, 1.165) is 47.4 Å². The van der Waals surface area contributed by atoms with Crippen molar-refractivity contribution in [3.8, 4) is 0 Å². The lowest BCUT2D eigenvalue weighted by atomic mass is 10.0. The fourth-order valence-corrected chi connectivity index (χ4v) is 4.83. The van der Waals surface area contributed by atoms with Gasteiger partial charge in [-0.2, -0.15) is 0 Å². The zero-order valence-corrected chi connectivity index (χ0v) is 15.3. The van der Waals surface area contributed by atoms with Crippen molar-refractivity contribution < 1.29 is 9.32 Å². The Morgan fingerprint density at radius 3 is 2.40 bits per heavy atom. The second-order valence-corrected chi connectivity index (χ2v) is 8.04. The van der Waals surface area contributed by atoms with E-state index >= 15 is 0 Å². The molecule has 2 aromatic rings. The van der Waals surface area contributed by atoms with Crippen LogP contribution in [0.2, 0.25) is 0 Å². The van der Waals surface area contributed by atoms with Gasteiger partial charge >= 0.3 is 0 Å². The Labute approximate surface area is 148 Å². The van der Waals surface area contributed by atoms with E-state index in [2.05, 4.69) is 24.2 Å². The van der Waals surface area contributed by atoms with Crippen LogP contribution >= 0.6 is 0 Å². The van der Waals surface area contributed by atoms with E-state index in [0.29, 0.717) is 12.5 Å². The Morgan fingerprint density at radius 2 is 1.72 bits per heavy atom. The second-order valence-electron chi connectivity index (χ2n) is 8.04. The quantitative estimate of drug-likeness (QED) is 0.858. The van der Waals surface area contributed by atoms with Crippen molar-refractivity contribution in [1.82, 2.24) is 15.0 Å². The predicted octanol–water partition coefficient (Wildman–Crippen LogP) is 2.95. The number of carbonyl (C=O) groups is 1. The SMILES string of the molecule is CN(C)C1C[C@@H]2CC(N(C)C(=O)Cc3noc4ccccc34)C[C@@H]2C1.